The van der Waals surface area contributed by atoms with Crippen LogP contribution in [0, 0.1) is 17.6 Å². The van der Waals surface area contributed by atoms with Crippen molar-refractivity contribution in [1.29, 1.82) is 0 Å². The minimum absolute atomic E-state index is 0.0772. The number of benzene rings is 1. The van der Waals surface area contributed by atoms with Gasteiger partial charge in [-0.15, -0.1) is 0 Å². The number of carboxylic acid groups (broad SMARTS) is 1. The van der Waals surface area contributed by atoms with Crippen LogP contribution in [-0.4, -0.2) is 23.7 Å². The van der Waals surface area contributed by atoms with Crippen molar-refractivity contribution in [1.82, 2.24) is 5.32 Å². The normalized spacial score (nSPS) is 11.8. The molecule has 0 radical (unpaired) electrons. The molecular formula is C14H18F2N2O3. The number of halogens is 2. The molecule has 0 aromatic heterocycles. The van der Waals surface area contributed by atoms with Gasteiger partial charge in [-0.25, -0.2) is 13.6 Å². The average Bonchev–Trinajstić information content (AvgIpc) is 2.41. The third-order valence-corrected chi connectivity index (χ3v) is 2.97. The third-order valence-electron chi connectivity index (χ3n) is 2.97. The van der Waals surface area contributed by atoms with Gasteiger partial charge in [-0.3, -0.25) is 4.79 Å². The van der Waals surface area contributed by atoms with Crippen LogP contribution >= 0.6 is 0 Å². The molecule has 0 heterocycles. The summed E-state index contributed by atoms with van der Waals surface area (Å²) >= 11 is 0. The summed E-state index contributed by atoms with van der Waals surface area (Å²) in [7, 11) is 0. The van der Waals surface area contributed by atoms with E-state index in [4.69, 9.17) is 5.11 Å². The van der Waals surface area contributed by atoms with Crippen molar-refractivity contribution in [2.75, 3.05) is 11.9 Å². The zero-order valence-corrected chi connectivity index (χ0v) is 11.7. The van der Waals surface area contributed by atoms with Gasteiger partial charge in [0.1, 0.15) is 17.3 Å². The van der Waals surface area contributed by atoms with Gasteiger partial charge >= 0.3 is 12.0 Å². The van der Waals surface area contributed by atoms with Crippen molar-refractivity contribution in [2.24, 2.45) is 5.92 Å². The van der Waals surface area contributed by atoms with E-state index in [1.165, 1.54) is 6.07 Å². The second kappa shape index (κ2) is 8.18. The van der Waals surface area contributed by atoms with Crippen LogP contribution in [0.2, 0.25) is 0 Å². The molecule has 0 spiro atoms. The second-order valence-corrected chi connectivity index (χ2v) is 4.80. The zero-order valence-electron chi connectivity index (χ0n) is 11.7. The van der Waals surface area contributed by atoms with E-state index in [2.05, 4.69) is 10.6 Å². The van der Waals surface area contributed by atoms with E-state index in [1.54, 1.807) is 0 Å². The SMILES string of the molecule is CC(CCNC(=O)Nc1c(F)cccc1F)CCC(=O)O. The fourth-order valence-electron chi connectivity index (χ4n) is 1.72. The molecule has 1 aromatic carbocycles. The lowest BCUT2D eigenvalue weighted by molar-refractivity contribution is -0.137. The van der Waals surface area contributed by atoms with Crippen LogP contribution in [0.3, 0.4) is 0 Å². The fourth-order valence-corrected chi connectivity index (χ4v) is 1.72. The lowest BCUT2D eigenvalue weighted by Crippen LogP contribution is -2.31. The maximum Gasteiger partial charge on any atom is 0.319 e. The number of hydrogen-bond acceptors (Lipinski definition) is 2. The van der Waals surface area contributed by atoms with E-state index >= 15 is 0 Å². The molecule has 1 aromatic rings. The molecule has 2 amide bonds. The lowest BCUT2D eigenvalue weighted by atomic mass is 10.0. The molecule has 3 N–H and O–H groups in total. The number of hydrogen-bond donors (Lipinski definition) is 3. The van der Waals surface area contributed by atoms with Crippen LogP contribution < -0.4 is 10.6 Å². The first-order valence-electron chi connectivity index (χ1n) is 6.60. The Morgan fingerprint density at radius 1 is 1.24 bits per heavy atom. The van der Waals surface area contributed by atoms with Gasteiger partial charge in [0.2, 0.25) is 0 Å². The highest BCUT2D eigenvalue weighted by molar-refractivity contribution is 5.89. The number of aliphatic carboxylic acids is 1. The summed E-state index contributed by atoms with van der Waals surface area (Å²) in [5.41, 5.74) is -0.492. The summed E-state index contributed by atoms with van der Waals surface area (Å²) in [6.07, 6.45) is 1.18. The Morgan fingerprint density at radius 3 is 2.43 bits per heavy atom. The molecule has 0 aliphatic heterocycles. The fraction of sp³-hybridized carbons (Fsp3) is 0.429. The molecule has 7 heteroatoms. The number of para-hydroxylation sites is 1. The minimum atomic E-state index is -0.859. The predicted molar refractivity (Wildman–Crippen MR) is 74.0 cm³/mol. The topological polar surface area (TPSA) is 78.4 Å². The summed E-state index contributed by atoms with van der Waals surface area (Å²) < 4.78 is 26.6. The minimum Gasteiger partial charge on any atom is -0.481 e. The molecule has 0 saturated carbocycles. The van der Waals surface area contributed by atoms with Gasteiger partial charge in [0, 0.05) is 13.0 Å². The van der Waals surface area contributed by atoms with Crippen molar-refractivity contribution >= 4 is 17.7 Å². The molecule has 1 unspecified atom stereocenters. The number of carbonyl (C=O) groups is 2. The summed E-state index contributed by atoms with van der Waals surface area (Å²) in [6.45, 7) is 2.17. The van der Waals surface area contributed by atoms with Crippen LogP contribution in [0.1, 0.15) is 26.2 Å². The molecule has 1 atom stereocenters. The highest BCUT2D eigenvalue weighted by atomic mass is 19.1. The number of rotatable bonds is 7. The summed E-state index contributed by atoms with van der Waals surface area (Å²) in [5, 5.41) is 13.1. The van der Waals surface area contributed by atoms with Crippen molar-refractivity contribution in [3.63, 3.8) is 0 Å². The summed E-state index contributed by atoms with van der Waals surface area (Å²) in [4.78, 5) is 21.9. The van der Waals surface area contributed by atoms with E-state index < -0.39 is 29.3 Å². The van der Waals surface area contributed by atoms with E-state index in [0.717, 1.165) is 12.1 Å². The first kappa shape index (κ1) is 16.9. The molecule has 0 fully saturated rings. The van der Waals surface area contributed by atoms with Crippen LogP contribution in [0.25, 0.3) is 0 Å². The maximum atomic E-state index is 13.3. The Balaban J connectivity index is 2.33. The van der Waals surface area contributed by atoms with Crippen molar-refractivity contribution < 1.29 is 23.5 Å². The quantitative estimate of drug-likeness (QED) is 0.724. The van der Waals surface area contributed by atoms with Gasteiger partial charge in [0.15, 0.2) is 0 Å². The van der Waals surface area contributed by atoms with Gasteiger partial charge < -0.3 is 15.7 Å². The molecule has 0 aliphatic rings. The number of amides is 2. The van der Waals surface area contributed by atoms with Crippen molar-refractivity contribution in [3.8, 4) is 0 Å². The standard InChI is InChI=1S/C14H18F2N2O3/c1-9(5-6-12(19)20)7-8-17-14(21)18-13-10(15)3-2-4-11(13)16/h2-4,9H,5-8H2,1H3,(H,19,20)(H2,17,18,21). The van der Waals surface area contributed by atoms with Gasteiger partial charge in [0.25, 0.3) is 0 Å². The Bertz CT molecular complexity index is 489. The highest BCUT2D eigenvalue weighted by Gasteiger charge is 2.12. The third kappa shape index (κ3) is 6.20. The van der Waals surface area contributed by atoms with Crippen LogP contribution in [0.5, 0.6) is 0 Å². The summed E-state index contributed by atoms with van der Waals surface area (Å²) in [6, 6.07) is 2.60. The van der Waals surface area contributed by atoms with E-state index in [0.29, 0.717) is 19.4 Å². The Kier molecular flexibility index (Phi) is 6.58. The number of anilines is 1. The van der Waals surface area contributed by atoms with Gasteiger partial charge in [-0.1, -0.05) is 13.0 Å². The largest absolute Gasteiger partial charge is 0.481 e. The number of urea groups is 1. The number of carboxylic acids is 1. The van der Waals surface area contributed by atoms with Crippen LogP contribution in [0.4, 0.5) is 19.3 Å². The van der Waals surface area contributed by atoms with E-state index in [1.807, 2.05) is 6.92 Å². The predicted octanol–water partition coefficient (Wildman–Crippen LogP) is 2.98. The molecule has 21 heavy (non-hydrogen) atoms. The Morgan fingerprint density at radius 2 is 1.86 bits per heavy atom. The molecule has 1 rings (SSSR count). The molecular weight excluding hydrogens is 282 g/mol. The monoisotopic (exact) mass is 300 g/mol. The van der Waals surface area contributed by atoms with E-state index in [-0.39, 0.29) is 12.3 Å². The van der Waals surface area contributed by atoms with Crippen LogP contribution in [-0.2, 0) is 4.79 Å². The Labute approximate surface area is 121 Å². The molecule has 5 nitrogen and oxygen atoms in total. The first-order valence-corrected chi connectivity index (χ1v) is 6.60. The second-order valence-electron chi connectivity index (χ2n) is 4.80. The lowest BCUT2D eigenvalue weighted by Gasteiger charge is -2.12. The molecule has 116 valence electrons. The summed E-state index contributed by atoms with van der Waals surface area (Å²) in [5.74, 6) is -2.42. The van der Waals surface area contributed by atoms with Gasteiger partial charge in [-0.05, 0) is 30.9 Å². The first-order chi connectivity index (χ1) is 9.90. The zero-order chi connectivity index (χ0) is 15.8. The van der Waals surface area contributed by atoms with E-state index in [9.17, 15) is 18.4 Å². The Hall–Kier alpha value is -2.18. The number of carbonyl (C=O) groups excluding carboxylic acids is 1. The maximum absolute atomic E-state index is 13.3. The highest BCUT2D eigenvalue weighted by Crippen LogP contribution is 2.17. The number of nitrogens with one attached hydrogen (secondary N) is 2. The van der Waals surface area contributed by atoms with Gasteiger partial charge in [0.05, 0.1) is 0 Å². The molecule has 0 aliphatic carbocycles. The average molecular weight is 300 g/mol. The molecule has 0 saturated heterocycles. The molecule has 0 bridgehead atoms. The van der Waals surface area contributed by atoms with Crippen LogP contribution in [0.15, 0.2) is 18.2 Å². The van der Waals surface area contributed by atoms with Gasteiger partial charge in [-0.2, -0.15) is 0 Å². The van der Waals surface area contributed by atoms with Crippen molar-refractivity contribution in [3.05, 3.63) is 29.8 Å². The van der Waals surface area contributed by atoms with Crippen molar-refractivity contribution in [2.45, 2.75) is 26.2 Å². The smallest absolute Gasteiger partial charge is 0.319 e.